The van der Waals surface area contributed by atoms with Gasteiger partial charge >= 0.3 is 5.97 Å². The Kier molecular flexibility index (Phi) is 12.1. The summed E-state index contributed by atoms with van der Waals surface area (Å²) < 4.78 is 26.6. The number of hydrogen-bond acceptors (Lipinski definition) is 18. The van der Waals surface area contributed by atoms with E-state index >= 15 is 0 Å². The first-order valence-electron chi connectivity index (χ1n) is 13.2. The molecular weight excluding hydrogens is 594 g/mol. The van der Waals surface area contributed by atoms with Crippen LogP contribution in [0.4, 0.5) is 0 Å². The number of carbonyl (C=O) groups is 2. The number of carbonyl (C=O) groups excluding carboxylic acids is 1. The molecule has 3 aliphatic rings. The van der Waals surface area contributed by atoms with Crippen LogP contribution in [-0.2, 0) is 33.3 Å². The molecule has 16 atom stereocenters. The first-order chi connectivity index (χ1) is 20.1. The van der Waals surface area contributed by atoms with Gasteiger partial charge in [0.25, 0.3) is 5.79 Å². The Balaban J connectivity index is 1.94. The number of carboxylic acid groups (broad SMARTS) is 1. The minimum Gasteiger partial charge on any atom is -0.477 e. The van der Waals surface area contributed by atoms with Crippen molar-refractivity contribution in [1.82, 2.24) is 5.32 Å². The highest BCUT2D eigenvalue weighted by atomic mass is 16.8. The fourth-order valence-electron chi connectivity index (χ4n) is 5.16. The second kappa shape index (κ2) is 14.6. The van der Waals surface area contributed by atoms with E-state index in [1.54, 1.807) is 0 Å². The summed E-state index contributed by atoms with van der Waals surface area (Å²) in [5.74, 6) is -5.75. The lowest BCUT2D eigenvalue weighted by Gasteiger charge is -2.50. The number of amides is 1. The third kappa shape index (κ3) is 7.41. The molecule has 3 aliphatic heterocycles. The number of ether oxygens (including phenoxy) is 5. The fraction of sp³-hybridized carbons (Fsp3) is 0.913. The van der Waals surface area contributed by atoms with Crippen LogP contribution in [0, 0.1) is 0 Å². The fourth-order valence-corrected chi connectivity index (χ4v) is 5.16. The van der Waals surface area contributed by atoms with E-state index in [1.807, 2.05) is 0 Å². The summed E-state index contributed by atoms with van der Waals surface area (Å²) >= 11 is 0. The lowest BCUT2D eigenvalue weighted by atomic mass is 9.88. The van der Waals surface area contributed by atoms with Crippen molar-refractivity contribution < 1.29 is 94.6 Å². The number of rotatable bonds is 11. The van der Waals surface area contributed by atoms with E-state index in [4.69, 9.17) is 23.7 Å². The number of aliphatic hydroxyl groups is 11. The van der Waals surface area contributed by atoms with Crippen LogP contribution in [0.1, 0.15) is 13.3 Å². The van der Waals surface area contributed by atoms with Gasteiger partial charge in [-0.2, -0.15) is 0 Å². The van der Waals surface area contributed by atoms with Crippen molar-refractivity contribution in [2.75, 3.05) is 19.8 Å². The summed E-state index contributed by atoms with van der Waals surface area (Å²) in [6.45, 7) is -1.82. The van der Waals surface area contributed by atoms with Crippen LogP contribution in [0.25, 0.3) is 0 Å². The maximum atomic E-state index is 12.5. The van der Waals surface area contributed by atoms with Gasteiger partial charge in [0, 0.05) is 13.3 Å². The molecule has 3 saturated heterocycles. The Morgan fingerprint density at radius 1 is 0.907 bits per heavy atom. The Bertz CT molecular complexity index is 944. The van der Waals surface area contributed by atoms with E-state index < -0.39 is 136 Å². The van der Waals surface area contributed by atoms with Crippen molar-refractivity contribution in [3.05, 3.63) is 0 Å². The molecule has 0 aliphatic carbocycles. The topological polar surface area (TPSA) is 335 Å². The molecule has 250 valence electrons. The molecule has 13 N–H and O–H groups in total. The SMILES string of the molecule is CC(=O)N[C@H]1[C@H]([C@H](O)[C@H](O)CO)O[C@@](O[C@H]2[C@@H](O)[C@@H](CO)O[C@@H](O[C@@H]3[C@@H](O)[C@H](O)O[C@H](CO)[C@@H]3O)[C@@H]2O)(C(=O)O)C[C@@H]1O. The van der Waals surface area contributed by atoms with Crippen LogP contribution in [0.2, 0.25) is 0 Å². The summed E-state index contributed by atoms with van der Waals surface area (Å²) in [4.78, 5) is 24.3. The highest BCUT2D eigenvalue weighted by Gasteiger charge is 2.60. The minimum atomic E-state index is -3.03. The third-order valence-electron chi connectivity index (χ3n) is 7.47. The van der Waals surface area contributed by atoms with E-state index in [9.17, 15) is 70.9 Å². The first-order valence-corrected chi connectivity index (χ1v) is 13.2. The molecule has 3 fully saturated rings. The van der Waals surface area contributed by atoms with Gasteiger partial charge in [-0.25, -0.2) is 4.79 Å². The maximum Gasteiger partial charge on any atom is 0.364 e. The van der Waals surface area contributed by atoms with Crippen LogP contribution >= 0.6 is 0 Å². The molecular formula is C23H39NO19. The van der Waals surface area contributed by atoms with Gasteiger partial charge in [0.15, 0.2) is 12.6 Å². The average Bonchev–Trinajstić information content (AvgIpc) is 2.96. The van der Waals surface area contributed by atoms with Crippen LogP contribution in [-0.4, -0.2) is 191 Å². The smallest absolute Gasteiger partial charge is 0.364 e. The molecule has 0 aromatic rings. The summed E-state index contributed by atoms with van der Waals surface area (Å²) in [6, 6.07) is -1.54. The summed E-state index contributed by atoms with van der Waals surface area (Å²) in [5.41, 5.74) is 0. The number of hydrogen-bond donors (Lipinski definition) is 13. The van der Waals surface area contributed by atoms with Crippen LogP contribution < -0.4 is 5.32 Å². The Labute approximate surface area is 243 Å². The molecule has 0 spiro atoms. The van der Waals surface area contributed by atoms with Gasteiger partial charge in [-0.3, -0.25) is 4.79 Å². The monoisotopic (exact) mass is 633 g/mol. The zero-order chi connectivity index (χ0) is 32.4. The average molecular weight is 634 g/mol. The number of aliphatic carboxylic acids is 1. The van der Waals surface area contributed by atoms with Crippen molar-refractivity contribution in [3.63, 3.8) is 0 Å². The van der Waals surface area contributed by atoms with Crippen LogP contribution in [0.15, 0.2) is 0 Å². The highest BCUT2D eigenvalue weighted by Crippen LogP contribution is 2.38. The van der Waals surface area contributed by atoms with Crippen LogP contribution in [0.3, 0.4) is 0 Å². The number of carboxylic acids is 1. The third-order valence-corrected chi connectivity index (χ3v) is 7.47. The standard InChI is InChI=1S/C23H39NO19/c1-6(28)24-11-7(29)2-23(22(37)38,42-17(11)12(31)8(30)3-25)43-19-14(33)10(5-27)40-21(16(19)35)41-18-13(32)9(4-26)39-20(36)15(18)34/h7-21,25-27,29-36H,2-5H2,1H3,(H,24,28)(H,37,38)/t7-,8+,9+,10+,11+,12+,13-,14-,15+,16+,17+,18-,19-,20+,21-,23-/m0/s1. The first kappa shape index (κ1) is 35.8. The molecule has 20 nitrogen and oxygen atoms in total. The van der Waals surface area contributed by atoms with Gasteiger partial charge in [-0.05, 0) is 0 Å². The zero-order valence-electron chi connectivity index (χ0n) is 22.7. The van der Waals surface area contributed by atoms with E-state index in [1.165, 1.54) is 0 Å². The summed E-state index contributed by atoms with van der Waals surface area (Å²) in [7, 11) is 0. The molecule has 0 unspecified atom stereocenters. The van der Waals surface area contributed by atoms with Crippen molar-refractivity contribution >= 4 is 11.9 Å². The van der Waals surface area contributed by atoms with Crippen molar-refractivity contribution in [1.29, 1.82) is 0 Å². The number of aliphatic hydroxyl groups excluding tert-OH is 11. The van der Waals surface area contributed by atoms with Crippen molar-refractivity contribution in [2.24, 2.45) is 0 Å². The van der Waals surface area contributed by atoms with Gasteiger partial charge in [0.05, 0.1) is 32.0 Å². The van der Waals surface area contributed by atoms with E-state index in [0.29, 0.717) is 0 Å². The van der Waals surface area contributed by atoms with E-state index in [0.717, 1.165) is 6.92 Å². The maximum absolute atomic E-state index is 12.5. The van der Waals surface area contributed by atoms with Gasteiger partial charge in [-0.1, -0.05) is 0 Å². The van der Waals surface area contributed by atoms with Gasteiger partial charge in [-0.15, -0.1) is 0 Å². The lowest BCUT2D eigenvalue weighted by Crippen LogP contribution is -2.70. The van der Waals surface area contributed by atoms with Gasteiger partial charge < -0.3 is 90.3 Å². The second-order valence-corrected chi connectivity index (χ2v) is 10.5. The predicted molar refractivity (Wildman–Crippen MR) is 130 cm³/mol. The molecule has 0 saturated carbocycles. The van der Waals surface area contributed by atoms with Gasteiger partial charge in [0.1, 0.15) is 67.1 Å². The normalized spacial score (nSPS) is 45.3. The Hall–Kier alpha value is -1.70. The predicted octanol–water partition coefficient (Wildman–Crippen LogP) is -8.22. The van der Waals surface area contributed by atoms with E-state index in [-0.39, 0.29) is 0 Å². The zero-order valence-corrected chi connectivity index (χ0v) is 22.7. The summed E-state index contributed by atoms with van der Waals surface area (Å²) in [5, 5.41) is 125. The lowest BCUT2D eigenvalue weighted by molar-refractivity contribution is -0.385. The second-order valence-electron chi connectivity index (χ2n) is 10.5. The molecule has 3 heterocycles. The minimum absolute atomic E-state index is 0.751. The molecule has 0 bridgehead atoms. The molecule has 20 heteroatoms. The highest BCUT2D eigenvalue weighted by molar-refractivity contribution is 5.76. The Morgan fingerprint density at radius 2 is 1.49 bits per heavy atom. The number of nitrogens with one attached hydrogen (secondary N) is 1. The molecule has 0 radical (unpaired) electrons. The largest absolute Gasteiger partial charge is 0.477 e. The molecule has 1 amide bonds. The van der Waals surface area contributed by atoms with Crippen molar-refractivity contribution in [3.8, 4) is 0 Å². The molecule has 43 heavy (non-hydrogen) atoms. The van der Waals surface area contributed by atoms with Crippen LogP contribution in [0.5, 0.6) is 0 Å². The quantitative estimate of drug-likeness (QED) is 0.100. The molecule has 3 rings (SSSR count). The van der Waals surface area contributed by atoms with Gasteiger partial charge in [0.2, 0.25) is 5.91 Å². The Morgan fingerprint density at radius 3 is 2.02 bits per heavy atom. The molecule has 0 aromatic heterocycles. The van der Waals surface area contributed by atoms with E-state index in [2.05, 4.69) is 5.32 Å². The molecule has 0 aromatic carbocycles. The summed E-state index contributed by atoms with van der Waals surface area (Å²) in [6.07, 6.45) is -28.0. The van der Waals surface area contributed by atoms with Crippen molar-refractivity contribution in [2.45, 2.75) is 111 Å².